The van der Waals surface area contributed by atoms with Crippen molar-refractivity contribution in [3.05, 3.63) is 77.8 Å². The van der Waals surface area contributed by atoms with Crippen molar-refractivity contribution < 1.29 is 9.18 Å². The maximum Gasteiger partial charge on any atom is 0.253 e. The summed E-state index contributed by atoms with van der Waals surface area (Å²) in [7, 11) is 0. The lowest BCUT2D eigenvalue weighted by Crippen LogP contribution is -2.23. The van der Waals surface area contributed by atoms with E-state index in [2.05, 4.69) is 15.3 Å². The minimum Gasteiger partial charge on any atom is -0.348 e. The van der Waals surface area contributed by atoms with Crippen LogP contribution in [0.4, 0.5) is 4.39 Å². The Morgan fingerprint density at radius 2 is 2.17 bits per heavy atom. The second kappa shape index (κ2) is 6.39. The van der Waals surface area contributed by atoms with Gasteiger partial charge in [-0.1, -0.05) is 12.1 Å². The SMILES string of the molecule is Cc1ccc(CNC(=O)c2ccc(-n3ccnc3)nc2)cc1F. The molecule has 0 saturated carbocycles. The van der Waals surface area contributed by atoms with Crippen molar-refractivity contribution in [2.45, 2.75) is 13.5 Å². The number of hydrogen-bond donors (Lipinski definition) is 1. The Balaban J connectivity index is 1.65. The third-order valence-corrected chi connectivity index (χ3v) is 3.47. The topological polar surface area (TPSA) is 59.8 Å². The van der Waals surface area contributed by atoms with E-state index in [4.69, 9.17) is 0 Å². The summed E-state index contributed by atoms with van der Waals surface area (Å²) in [6.45, 7) is 1.96. The van der Waals surface area contributed by atoms with E-state index in [9.17, 15) is 9.18 Å². The van der Waals surface area contributed by atoms with Crippen LogP contribution in [0.1, 0.15) is 21.5 Å². The molecule has 1 amide bonds. The molecular formula is C17H15FN4O. The van der Waals surface area contributed by atoms with E-state index in [0.717, 1.165) is 0 Å². The van der Waals surface area contributed by atoms with Crippen molar-refractivity contribution in [1.82, 2.24) is 19.9 Å². The first-order valence-corrected chi connectivity index (χ1v) is 7.11. The first kappa shape index (κ1) is 14.9. The molecule has 3 rings (SSSR count). The van der Waals surface area contributed by atoms with Crippen molar-refractivity contribution in [2.24, 2.45) is 0 Å². The van der Waals surface area contributed by atoms with E-state index in [-0.39, 0.29) is 18.3 Å². The molecule has 116 valence electrons. The molecule has 1 N–H and O–H groups in total. The fourth-order valence-corrected chi connectivity index (χ4v) is 2.10. The number of carbonyl (C=O) groups excluding carboxylic acids is 1. The Morgan fingerprint density at radius 3 is 2.83 bits per heavy atom. The van der Waals surface area contributed by atoms with Crippen LogP contribution in [0.15, 0.2) is 55.2 Å². The molecular weight excluding hydrogens is 295 g/mol. The average Bonchev–Trinajstić information content (AvgIpc) is 3.10. The number of rotatable bonds is 4. The highest BCUT2D eigenvalue weighted by Gasteiger charge is 2.07. The number of benzene rings is 1. The van der Waals surface area contributed by atoms with Crippen molar-refractivity contribution in [3.8, 4) is 5.82 Å². The second-order valence-electron chi connectivity index (χ2n) is 5.14. The van der Waals surface area contributed by atoms with E-state index in [1.54, 1.807) is 54.5 Å². The number of aryl methyl sites for hydroxylation is 1. The van der Waals surface area contributed by atoms with Gasteiger partial charge in [0.15, 0.2) is 0 Å². The Labute approximate surface area is 132 Å². The molecule has 3 aromatic rings. The molecule has 0 fully saturated rings. The molecule has 6 heteroatoms. The Bertz CT molecular complexity index is 813. The van der Waals surface area contributed by atoms with Gasteiger partial charge in [-0.25, -0.2) is 14.4 Å². The molecule has 23 heavy (non-hydrogen) atoms. The van der Waals surface area contributed by atoms with E-state index >= 15 is 0 Å². The van der Waals surface area contributed by atoms with Gasteiger partial charge in [0.25, 0.3) is 5.91 Å². The van der Waals surface area contributed by atoms with Crippen LogP contribution >= 0.6 is 0 Å². The number of amides is 1. The normalized spacial score (nSPS) is 10.5. The van der Waals surface area contributed by atoms with E-state index in [1.165, 1.54) is 12.3 Å². The molecule has 0 aliphatic rings. The number of nitrogens with one attached hydrogen (secondary N) is 1. The molecule has 0 unspecified atom stereocenters. The summed E-state index contributed by atoms with van der Waals surface area (Å²) < 4.78 is 15.2. The Kier molecular flexibility index (Phi) is 4.14. The second-order valence-corrected chi connectivity index (χ2v) is 5.14. The molecule has 0 radical (unpaired) electrons. The molecule has 2 heterocycles. The monoisotopic (exact) mass is 310 g/mol. The van der Waals surface area contributed by atoms with Crippen LogP contribution in [0.25, 0.3) is 5.82 Å². The van der Waals surface area contributed by atoms with Gasteiger partial charge in [-0.05, 0) is 36.2 Å². The van der Waals surface area contributed by atoms with Gasteiger partial charge < -0.3 is 5.32 Å². The van der Waals surface area contributed by atoms with E-state index in [1.807, 2.05) is 0 Å². The standard InChI is InChI=1S/C17H15FN4O/c1-12-2-3-13(8-15(12)18)9-21-17(23)14-4-5-16(20-10-14)22-7-6-19-11-22/h2-8,10-11H,9H2,1H3,(H,21,23). The molecule has 0 bridgehead atoms. The first-order valence-electron chi connectivity index (χ1n) is 7.11. The molecule has 0 aliphatic carbocycles. The minimum atomic E-state index is -0.275. The van der Waals surface area contributed by atoms with Gasteiger partial charge >= 0.3 is 0 Å². The molecule has 1 aromatic carbocycles. The summed E-state index contributed by atoms with van der Waals surface area (Å²) in [5, 5.41) is 2.75. The van der Waals surface area contributed by atoms with Gasteiger partial charge in [-0.15, -0.1) is 0 Å². The van der Waals surface area contributed by atoms with Gasteiger partial charge in [0.2, 0.25) is 0 Å². The van der Waals surface area contributed by atoms with Crippen LogP contribution in [0.3, 0.4) is 0 Å². The van der Waals surface area contributed by atoms with Gasteiger partial charge in [-0.2, -0.15) is 0 Å². The minimum absolute atomic E-state index is 0.254. The van der Waals surface area contributed by atoms with Crippen LogP contribution in [0.5, 0.6) is 0 Å². The Morgan fingerprint density at radius 1 is 1.30 bits per heavy atom. The lowest BCUT2D eigenvalue weighted by molar-refractivity contribution is 0.0950. The maximum absolute atomic E-state index is 13.5. The molecule has 2 aromatic heterocycles. The molecule has 5 nitrogen and oxygen atoms in total. The highest BCUT2D eigenvalue weighted by atomic mass is 19.1. The number of carbonyl (C=O) groups is 1. The average molecular weight is 310 g/mol. The van der Waals surface area contributed by atoms with E-state index in [0.29, 0.717) is 22.5 Å². The van der Waals surface area contributed by atoms with Crippen LogP contribution in [-0.4, -0.2) is 20.4 Å². The number of aromatic nitrogens is 3. The fraction of sp³-hybridized carbons (Fsp3) is 0.118. The lowest BCUT2D eigenvalue weighted by atomic mass is 10.1. The fourth-order valence-electron chi connectivity index (χ4n) is 2.10. The van der Waals surface area contributed by atoms with Crippen LogP contribution < -0.4 is 5.32 Å². The number of hydrogen-bond acceptors (Lipinski definition) is 3. The van der Waals surface area contributed by atoms with Gasteiger partial charge in [0, 0.05) is 25.1 Å². The largest absolute Gasteiger partial charge is 0.348 e. The molecule has 0 saturated heterocycles. The van der Waals surface area contributed by atoms with Crippen LogP contribution in [0.2, 0.25) is 0 Å². The summed E-state index contributed by atoms with van der Waals surface area (Å²) in [5.41, 5.74) is 1.74. The maximum atomic E-state index is 13.5. The smallest absolute Gasteiger partial charge is 0.253 e. The highest BCUT2D eigenvalue weighted by molar-refractivity contribution is 5.93. The molecule has 0 atom stereocenters. The summed E-state index contributed by atoms with van der Waals surface area (Å²) in [5.74, 6) is 0.151. The first-order chi connectivity index (χ1) is 11.1. The van der Waals surface area contributed by atoms with Crippen molar-refractivity contribution in [1.29, 1.82) is 0 Å². The predicted octanol–water partition coefficient (Wildman–Crippen LogP) is 2.64. The summed E-state index contributed by atoms with van der Waals surface area (Å²) in [6, 6.07) is 8.34. The summed E-state index contributed by atoms with van der Waals surface area (Å²) in [4.78, 5) is 20.3. The van der Waals surface area contributed by atoms with Crippen LogP contribution in [0, 0.1) is 12.7 Å². The zero-order valence-electron chi connectivity index (χ0n) is 12.5. The number of imidazole rings is 1. The summed E-state index contributed by atoms with van der Waals surface area (Å²) in [6.07, 6.45) is 6.56. The zero-order valence-corrected chi connectivity index (χ0v) is 12.5. The number of pyridine rings is 1. The Hall–Kier alpha value is -3.02. The van der Waals surface area contributed by atoms with Crippen molar-refractivity contribution in [3.63, 3.8) is 0 Å². The molecule has 0 spiro atoms. The lowest BCUT2D eigenvalue weighted by Gasteiger charge is -2.07. The summed E-state index contributed by atoms with van der Waals surface area (Å²) >= 11 is 0. The van der Waals surface area contributed by atoms with Gasteiger partial charge in [-0.3, -0.25) is 9.36 Å². The third-order valence-electron chi connectivity index (χ3n) is 3.47. The number of nitrogens with zero attached hydrogens (tertiary/aromatic N) is 3. The van der Waals surface area contributed by atoms with Crippen LogP contribution in [-0.2, 0) is 6.54 Å². The van der Waals surface area contributed by atoms with E-state index < -0.39 is 0 Å². The van der Waals surface area contributed by atoms with Gasteiger partial charge in [0.1, 0.15) is 18.0 Å². The number of halogens is 1. The highest BCUT2D eigenvalue weighted by Crippen LogP contribution is 2.10. The third kappa shape index (κ3) is 3.42. The van der Waals surface area contributed by atoms with Crippen molar-refractivity contribution >= 4 is 5.91 Å². The molecule has 0 aliphatic heterocycles. The zero-order chi connectivity index (χ0) is 16.2. The quantitative estimate of drug-likeness (QED) is 0.806. The van der Waals surface area contributed by atoms with Gasteiger partial charge in [0.05, 0.1) is 5.56 Å². The van der Waals surface area contributed by atoms with Crippen molar-refractivity contribution in [2.75, 3.05) is 0 Å². The predicted molar refractivity (Wildman–Crippen MR) is 83.7 cm³/mol.